The normalized spacial score (nSPS) is 10.2. The van der Waals surface area contributed by atoms with Gasteiger partial charge in [-0.2, -0.15) is 0 Å². The zero-order valence-electron chi connectivity index (χ0n) is 15.2. The van der Waals surface area contributed by atoms with Crippen molar-refractivity contribution in [2.24, 2.45) is 0 Å². The van der Waals surface area contributed by atoms with Gasteiger partial charge in [0.1, 0.15) is 0 Å². The van der Waals surface area contributed by atoms with Crippen molar-refractivity contribution in [2.75, 3.05) is 24.2 Å². The van der Waals surface area contributed by atoms with E-state index in [-0.39, 0.29) is 30.0 Å². The fourth-order valence-electron chi connectivity index (χ4n) is 2.53. The fourth-order valence-corrected chi connectivity index (χ4v) is 2.53. The van der Waals surface area contributed by atoms with E-state index in [0.717, 1.165) is 0 Å². The number of benzene rings is 2. The first-order chi connectivity index (χ1) is 13.5. The molecule has 1 heterocycles. The molecular weight excluding hydrogens is 358 g/mol. The van der Waals surface area contributed by atoms with E-state index < -0.39 is 0 Å². The van der Waals surface area contributed by atoms with Gasteiger partial charge in [0.25, 0.3) is 11.8 Å². The largest absolute Gasteiger partial charge is 0.459 e. The van der Waals surface area contributed by atoms with Crippen molar-refractivity contribution < 1.29 is 18.8 Å². The molecule has 2 N–H and O–H groups in total. The molecule has 3 amide bonds. The van der Waals surface area contributed by atoms with Gasteiger partial charge >= 0.3 is 0 Å². The Morgan fingerprint density at radius 3 is 2.18 bits per heavy atom. The van der Waals surface area contributed by atoms with Gasteiger partial charge in [0.05, 0.1) is 12.8 Å². The Kier molecular flexibility index (Phi) is 5.86. The summed E-state index contributed by atoms with van der Waals surface area (Å²) in [6, 6.07) is 18.6. The first kappa shape index (κ1) is 18.9. The molecule has 0 fully saturated rings. The average molecular weight is 377 g/mol. The summed E-state index contributed by atoms with van der Waals surface area (Å²) in [5.41, 5.74) is 1.61. The van der Waals surface area contributed by atoms with E-state index >= 15 is 0 Å². The highest BCUT2D eigenvalue weighted by Crippen LogP contribution is 2.13. The van der Waals surface area contributed by atoms with Crippen molar-refractivity contribution in [3.63, 3.8) is 0 Å². The summed E-state index contributed by atoms with van der Waals surface area (Å²) in [5.74, 6) is -0.764. The minimum atomic E-state index is -0.376. The van der Waals surface area contributed by atoms with Gasteiger partial charge in [0.2, 0.25) is 5.91 Å². The predicted molar refractivity (Wildman–Crippen MR) is 105 cm³/mol. The smallest absolute Gasteiger partial charge is 0.291 e. The van der Waals surface area contributed by atoms with Gasteiger partial charge in [-0.1, -0.05) is 18.2 Å². The monoisotopic (exact) mass is 377 g/mol. The number of amides is 3. The minimum Gasteiger partial charge on any atom is -0.459 e. The molecule has 0 atom stereocenters. The molecule has 7 heteroatoms. The minimum absolute atomic E-state index is 0.0787. The van der Waals surface area contributed by atoms with Crippen LogP contribution in [0.3, 0.4) is 0 Å². The van der Waals surface area contributed by atoms with Crippen LogP contribution in [-0.4, -0.2) is 36.2 Å². The summed E-state index contributed by atoms with van der Waals surface area (Å²) in [5, 5.41) is 5.41. The highest BCUT2D eigenvalue weighted by Gasteiger charge is 2.15. The highest BCUT2D eigenvalue weighted by atomic mass is 16.3. The molecule has 0 aliphatic heterocycles. The number of furan rings is 1. The standard InChI is InChI=1S/C21H19N3O4/c1-24(14-19(25)22-16-6-3-2-4-7-16)21(27)15-9-11-17(12-10-15)23-20(26)18-8-5-13-28-18/h2-13H,14H2,1H3,(H,22,25)(H,23,26). The Morgan fingerprint density at radius 2 is 1.54 bits per heavy atom. The van der Waals surface area contributed by atoms with E-state index in [1.165, 1.54) is 11.2 Å². The second-order valence-corrected chi connectivity index (χ2v) is 6.08. The van der Waals surface area contributed by atoms with E-state index in [2.05, 4.69) is 10.6 Å². The third-order valence-corrected chi connectivity index (χ3v) is 3.92. The fraction of sp³-hybridized carbons (Fsp3) is 0.0952. The molecule has 142 valence electrons. The lowest BCUT2D eigenvalue weighted by Gasteiger charge is -2.17. The molecule has 0 aliphatic rings. The van der Waals surface area contributed by atoms with Crippen molar-refractivity contribution in [3.8, 4) is 0 Å². The summed E-state index contributed by atoms with van der Waals surface area (Å²) in [7, 11) is 1.56. The van der Waals surface area contributed by atoms with Gasteiger partial charge in [0, 0.05) is 24.0 Å². The second-order valence-electron chi connectivity index (χ2n) is 6.08. The van der Waals surface area contributed by atoms with Gasteiger partial charge in [-0.05, 0) is 48.5 Å². The Hall–Kier alpha value is -3.87. The molecule has 1 aromatic heterocycles. The molecule has 0 spiro atoms. The third kappa shape index (κ3) is 4.85. The number of likely N-dealkylation sites (N-methyl/N-ethyl adjacent to an activating group) is 1. The van der Waals surface area contributed by atoms with Crippen LogP contribution >= 0.6 is 0 Å². The van der Waals surface area contributed by atoms with Crippen molar-refractivity contribution in [3.05, 3.63) is 84.3 Å². The Morgan fingerprint density at radius 1 is 0.857 bits per heavy atom. The topological polar surface area (TPSA) is 91.7 Å². The number of carbonyl (C=O) groups is 3. The molecule has 0 bridgehead atoms. The van der Waals surface area contributed by atoms with Crippen LogP contribution in [0.2, 0.25) is 0 Å². The first-order valence-electron chi connectivity index (χ1n) is 8.58. The Labute approximate surface area is 162 Å². The number of para-hydroxylation sites is 1. The summed E-state index contributed by atoms with van der Waals surface area (Å²) >= 11 is 0. The van der Waals surface area contributed by atoms with Crippen molar-refractivity contribution in [2.45, 2.75) is 0 Å². The Balaban J connectivity index is 1.56. The van der Waals surface area contributed by atoms with E-state index in [0.29, 0.717) is 16.9 Å². The molecule has 0 radical (unpaired) electrons. The number of anilines is 2. The molecule has 28 heavy (non-hydrogen) atoms. The number of rotatable bonds is 6. The zero-order valence-corrected chi connectivity index (χ0v) is 15.2. The lowest BCUT2D eigenvalue weighted by molar-refractivity contribution is -0.116. The van der Waals surface area contributed by atoms with Crippen LogP contribution in [0.4, 0.5) is 11.4 Å². The second kappa shape index (κ2) is 8.68. The molecule has 3 aromatic rings. The lowest BCUT2D eigenvalue weighted by Crippen LogP contribution is -2.34. The van der Waals surface area contributed by atoms with Crippen molar-refractivity contribution in [1.29, 1.82) is 0 Å². The van der Waals surface area contributed by atoms with Crippen LogP contribution in [-0.2, 0) is 4.79 Å². The first-order valence-corrected chi connectivity index (χ1v) is 8.58. The molecule has 0 aliphatic carbocycles. The van der Waals surface area contributed by atoms with E-state index in [1.807, 2.05) is 18.2 Å². The molecule has 3 rings (SSSR count). The molecule has 7 nitrogen and oxygen atoms in total. The van der Waals surface area contributed by atoms with Crippen LogP contribution in [0.1, 0.15) is 20.9 Å². The maximum absolute atomic E-state index is 12.5. The molecule has 0 unspecified atom stereocenters. The summed E-state index contributed by atoms with van der Waals surface area (Å²) in [6.07, 6.45) is 1.42. The number of nitrogens with zero attached hydrogens (tertiary/aromatic N) is 1. The lowest BCUT2D eigenvalue weighted by atomic mass is 10.2. The van der Waals surface area contributed by atoms with E-state index in [4.69, 9.17) is 4.42 Å². The molecule has 0 saturated heterocycles. The SMILES string of the molecule is CN(CC(=O)Nc1ccccc1)C(=O)c1ccc(NC(=O)c2ccco2)cc1. The highest BCUT2D eigenvalue weighted by molar-refractivity contribution is 6.03. The maximum Gasteiger partial charge on any atom is 0.291 e. The number of hydrogen-bond acceptors (Lipinski definition) is 4. The quantitative estimate of drug-likeness (QED) is 0.690. The summed E-state index contributed by atoms with van der Waals surface area (Å²) in [6.45, 7) is -0.0787. The van der Waals surface area contributed by atoms with Crippen LogP contribution in [0, 0.1) is 0 Å². The number of nitrogens with one attached hydrogen (secondary N) is 2. The van der Waals surface area contributed by atoms with Crippen LogP contribution in [0.15, 0.2) is 77.4 Å². The van der Waals surface area contributed by atoms with Crippen LogP contribution in [0.5, 0.6) is 0 Å². The third-order valence-electron chi connectivity index (χ3n) is 3.92. The molecular formula is C21H19N3O4. The van der Waals surface area contributed by atoms with E-state index in [1.54, 1.807) is 55.6 Å². The van der Waals surface area contributed by atoms with Gasteiger partial charge in [0.15, 0.2) is 5.76 Å². The molecule has 0 saturated carbocycles. The van der Waals surface area contributed by atoms with Crippen LogP contribution in [0.25, 0.3) is 0 Å². The van der Waals surface area contributed by atoms with Crippen molar-refractivity contribution >= 4 is 29.1 Å². The summed E-state index contributed by atoms with van der Waals surface area (Å²) in [4.78, 5) is 37.9. The average Bonchev–Trinajstić information content (AvgIpc) is 3.23. The maximum atomic E-state index is 12.5. The van der Waals surface area contributed by atoms with Gasteiger partial charge in [-0.15, -0.1) is 0 Å². The summed E-state index contributed by atoms with van der Waals surface area (Å²) < 4.78 is 5.03. The van der Waals surface area contributed by atoms with E-state index in [9.17, 15) is 14.4 Å². The predicted octanol–water partition coefficient (Wildman–Crippen LogP) is 3.24. The number of hydrogen-bond donors (Lipinski definition) is 2. The zero-order chi connectivity index (χ0) is 19.9. The Bertz CT molecular complexity index is 951. The van der Waals surface area contributed by atoms with Gasteiger partial charge in [-0.25, -0.2) is 0 Å². The molecule has 2 aromatic carbocycles. The van der Waals surface area contributed by atoms with Crippen molar-refractivity contribution in [1.82, 2.24) is 4.90 Å². The van der Waals surface area contributed by atoms with Crippen LogP contribution < -0.4 is 10.6 Å². The van der Waals surface area contributed by atoms with Gasteiger partial charge in [-0.3, -0.25) is 14.4 Å². The van der Waals surface area contributed by atoms with Gasteiger partial charge < -0.3 is 20.0 Å². The number of carbonyl (C=O) groups excluding carboxylic acids is 3.